The van der Waals surface area contributed by atoms with Crippen LogP contribution in [-0.2, 0) is 0 Å². The Morgan fingerprint density at radius 2 is 1.74 bits per heavy atom. The normalized spacial score (nSPS) is 10.3. The third-order valence-electron chi connectivity index (χ3n) is 2.35. The molecular weight excluding hydrogens is 356 g/mol. The Morgan fingerprint density at radius 3 is 2.42 bits per heavy atom. The second-order valence-electron chi connectivity index (χ2n) is 3.70. The van der Waals surface area contributed by atoms with Gasteiger partial charge >= 0.3 is 0 Å². The number of carbonyl (C=O) groups is 1. The summed E-state index contributed by atoms with van der Waals surface area (Å²) in [5, 5.41) is 3.29. The van der Waals surface area contributed by atoms with E-state index in [1.54, 1.807) is 18.2 Å². The highest BCUT2D eigenvalue weighted by atomic mass is 79.9. The topological polar surface area (TPSA) is 29.1 Å². The van der Waals surface area contributed by atoms with Gasteiger partial charge in [-0.05, 0) is 52.3 Å². The van der Waals surface area contributed by atoms with Gasteiger partial charge in [-0.25, -0.2) is 4.39 Å². The summed E-state index contributed by atoms with van der Waals surface area (Å²) < 4.78 is 14.0. The largest absolute Gasteiger partial charge is 0.319 e. The van der Waals surface area contributed by atoms with Crippen LogP contribution in [0.4, 0.5) is 10.1 Å². The lowest BCUT2D eigenvalue weighted by molar-refractivity contribution is 0.102. The van der Waals surface area contributed by atoms with Gasteiger partial charge in [0, 0.05) is 14.5 Å². The number of carbonyl (C=O) groups excluding carboxylic acids is 1. The highest BCUT2D eigenvalue weighted by Gasteiger charge is 2.13. The molecule has 2 aromatic rings. The molecule has 0 aromatic heterocycles. The van der Waals surface area contributed by atoms with Gasteiger partial charge in [-0.15, -0.1) is 0 Å². The Kier molecular flexibility index (Phi) is 4.45. The van der Waals surface area contributed by atoms with Gasteiger partial charge in [-0.1, -0.05) is 23.2 Å². The van der Waals surface area contributed by atoms with Crippen molar-refractivity contribution in [2.24, 2.45) is 0 Å². The van der Waals surface area contributed by atoms with Crippen molar-refractivity contribution in [2.75, 3.05) is 5.32 Å². The number of amides is 1. The monoisotopic (exact) mass is 361 g/mol. The van der Waals surface area contributed by atoms with E-state index >= 15 is 0 Å². The van der Waals surface area contributed by atoms with Gasteiger partial charge in [0.1, 0.15) is 5.82 Å². The molecule has 0 fully saturated rings. The minimum absolute atomic E-state index is 0.0272. The van der Waals surface area contributed by atoms with Crippen LogP contribution in [0.15, 0.2) is 40.9 Å². The number of nitrogens with one attached hydrogen (secondary N) is 1. The summed E-state index contributed by atoms with van der Waals surface area (Å²) in [5.41, 5.74) is 0.378. The van der Waals surface area contributed by atoms with Gasteiger partial charge in [0.05, 0.1) is 11.3 Å². The highest BCUT2D eigenvalue weighted by molar-refractivity contribution is 9.10. The van der Waals surface area contributed by atoms with Crippen LogP contribution in [-0.4, -0.2) is 5.91 Å². The Bertz CT molecular complexity index is 649. The predicted octanol–water partition coefficient (Wildman–Crippen LogP) is 5.15. The van der Waals surface area contributed by atoms with Gasteiger partial charge in [-0.3, -0.25) is 4.79 Å². The zero-order valence-corrected chi connectivity index (χ0v) is 12.5. The summed E-state index contributed by atoms with van der Waals surface area (Å²) in [7, 11) is 0. The predicted molar refractivity (Wildman–Crippen MR) is 78.5 cm³/mol. The molecule has 1 N–H and O–H groups in total. The van der Waals surface area contributed by atoms with E-state index in [0.717, 1.165) is 0 Å². The molecule has 0 aliphatic heterocycles. The van der Waals surface area contributed by atoms with E-state index < -0.39 is 11.7 Å². The molecule has 0 atom stereocenters. The zero-order chi connectivity index (χ0) is 14.0. The summed E-state index contributed by atoms with van der Waals surface area (Å²) in [6.45, 7) is 0. The van der Waals surface area contributed by atoms with Crippen LogP contribution in [0.3, 0.4) is 0 Å². The first-order chi connectivity index (χ1) is 8.97. The fourth-order valence-electron chi connectivity index (χ4n) is 1.46. The molecule has 0 saturated heterocycles. The maximum Gasteiger partial charge on any atom is 0.256 e. The summed E-state index contributed by atoms with van der Waals surface area (Å²) in [6.07, 6.45) is 0. The van der Waals surface area contributed by atoms with Crippen LogP contribution in [0.25, 0.3) is 0 Å². The van der Waals surface area contributed by atoms with E-state index in [2.05, 4.69) is 21.2 Å². The number of rotatable bonds is 2. The SMILES string of the molecule is O=C(Nc1cc(Cl)ccc1F)c1ccc(Cl)cc1Br. The van der Waals surface area contributed by atoms with Crippen LogP contribution in [0.5, 0.6) is 0 Å². The minimum Gasteiger partial charge on any atom is -0.319 e. The van der Waals surface area contributed by atoms with E-state index in [1.807, 2.05) is 0 Å². The van der Waals surface area contributed by atoms with Crippen molar-refractivity contribution >= 4 is 50.7 Å². The Morgan fingerprint density at radius 1 is 1.11 bits per heavy atom. The maximum absolute atomic E-state index is 13.5. The first-order valence-corrected chi connectivity index (χ1v) is 6.74. The van der Waals surface area contributed by atoms with E-state index in [9.17, 15) is 9.18 Å². The number of benzene rings is 2. The molecule has 0 bridgehead atoms. The molecule has 0 unspecified atom stereocenters. The Labute approximate surface area is 127 Å². The van der Waals surface area contributed by atoms with Crippen molar-refractivity contribution < 1.29 is 9.18 Å². The van der Waals surface area contributed by atoms with E-state index in [1.165, 1.54) is 18.2 Å². The number of anilines is 1. The molecule has 0 saturated carbocycles. The van der Waals surface area contributed by atoms with Crippen LogP contribution < -0.4 is 5.32 Å². The average molecular weight is 363 g/mol. The van der Waals surface area contributed by atoms with E-state index in [0.29, 0.717) is 20.1 Å². The van der Waals surface area contributed by atoms with Crippen molar-refractivity contribution in [2.45, 2.75) is 0 Å². The third kappa shape index (κ3) is 3.47. The van der Waals surface area contributed by atoms with Crippen molar-refractivity contribution in [3.8, 4) is 0 Å². The van der Waals surface area contributed by atoms with Gasteiger partial charge in [0.25, 0.3) is 5.91 Å². The number of halogens is 4. The fraction of sp³-hybridized carbons (Fsp3) is 0. The molecule has 98 valence electrons. The molecule has 0 radical (unpaired) electrons. The molecule has 0 spiro atoms. The molecule has 0 aliphatic carbocycles. The van der Waals surface area contributed by atoms with E-state index in [4.69, 9.17) is 23.2 Å². The summed E-state index contributed by atoms with van der Waals surface area (Å²) in [4.78, 5) is 12.0. The van der Waals surface area contributed by atoms with Crippen molar-refractivity contribution in [1.29, 1.82) is 0 Å². The summed E-state index contributed by atoms with van der Waals surface area (Å²) in [5.74, 6) is -1.01. The molecule has 1 amide bonds. The average Bonchev–Trinajstić information content (AvgIpc) is 2.33. The van der Waals surface area contributed by atoms with Crippen molar-refractivity contribution in [1.82, 2.24) is 0 Å². The number of hydrogen-bond donors (Lipinski definition) is 1. The highest BCUT2D eigenvalue weighted by Crippen LogP contribution is 2.24. The lowest BCUT2D eigenvalue weighted by atomic mass is 10.2. The fourth-order valence-corrected chi connectivity index (χ4v) is 2.49. The van der Waals surface area contributed by atoms with Gasteiger partial charge < -0.3 is 5.32 Å². The molecule has 2 nitrogen and oxygen atoms in total. The van der Waals surface area contributed by atoms with Gasteiger partial charge in [0.15, 0.2) is 0 Å². The summed E-state index contributed by atoms with van der Waals surface area (Å²) in [6, 6.07) is 8.66. The van der Waals surface area contributed by atoms with Crippen molar-refractivity contribution in [3.63, 3.8) is 0 Å². The first kappa shape index (κ1) is 14.3. The first-order valence-electron chi connectivity index (χ1n) is 5.19. The second kappa shape index (κ2) is 5.90. The molecule has 0 aliphatic rings. The molecule has 19 heavy (non-hydrogen) atoms. The Balaban J connectivity index is 2.28. The molecule has 2 rings (SSSR count). The molecule has 6 heteroatoms. The van der Waals surface area contributed by atoms with E-state index in [-0.39, 0.29) is 5.69 Å². The lowest BCUT2D eigenvalue weighted by Gasteiger charge is -2.08. The van der Waals surface area contributed by atoms with Crippen molar-refractivity contribution in [3.05, 3.63) is 62.3 Å². The smallest absolute Gasteiger partial charge is 0.256 e. The quantitative estimate of drug-likeness (QED) is 0.786. The Hall–Kier alpha value is -1.10. The number of hydrogen-bond acceptors (Lipinski definition) is 1. The minimum atomic E-state index is -0.553. The standard InChI is InChI=1S/C13H7BrCl2FNO/c14-10-5-7(15)1-3-9(10)13(19)18-12-6-8(16)2-4-11(12)17/h1-6H,(H,18,19). The zero-order valence-electron chi connectivity index (χ0n) is 9.38. The molecule has 0 heterocycles. The second-order valence-corrected chi connectivity index (χ2v) is 5.43. The van der Waals surface area contributed by atoms with Crippen LogP contribution in [0, 0.1) is 5.82 Å². The van der Waals surface area contributed by atoms with Crippen LogP contribution in [0.2, 0.25) is 10.0 Å². The third-order valence-corrected chi connectivity index (χ3v) is 3.48. The molecule has 2 aromatic carbocycles. The van der Waals surface area contributed by atoms with Gasteiger partial charge in [-0.2, -0.15) is 0 Å². The summed E-state index contributed by atoms with van der Waals surface area (Å²) >= 11 is 14.8. The van der Waals surface area contributed by atoms with Crippen LogP contribution in [0.1, 0.15) is 10.4 Å². The van der Waals surface area contributed by atoms with Crippen LogP contribution >= 0.6 is 39.1 Å². The lowest BCUT2D eigenvalue weighted by Crippen LogP contribution is -2.13. The van der Waals surface area contributed by atoms with Gasteiger partial charge in [0.2, 0.25) is 0 Å². The molecular formula is C13H7BrCl2FNO. The maximum atomic E-state index is 13.5.